The minimum atomic E-state index is -3.23. The second-order valence-corrected chi connectivity index (χ2v) is 10.1. The van der Waals surface area contributed by atoms with Crippen molar-refractivity contribution in [1.82, 2.24) is 5.32 Å². The van der Waals surface area contributed by atoms with Gasteiger partial charge in [-0.05, 0) is 40.8 Å². The summed E-state index contributed by atoms with van der Waals surface area (Å²) < 4.78 is 29.5. The predicted octanol–water partition coefficient (Wildman–Crippen LogP) is 3.95. The Morgan fingerprint density at radius 1 is 1.17 bits per heavy atom. The molecule has 0 saturated heterocycles. The molecule has 30 heavy (non-hydrogen) atoms. The van der Waals surface area contributed by atoms with E-state index in [-0.39, 0.29) is 16.9 Å². The summed E-state index contributed by atoms with van der Waals surface area (Å²) >= 11 is 1.58. The number of carbonyl (C=O) groups is 1. The minimum absolute atomic E-state index is 0.143. The molecule has 2 heterocycles. The molecule has 1 atom stereocenters. The summed E-state index contributed by atoms with van der Waals surface area (Å²) in [6, 6.07) is 16.6. The molecule has 0 bridgehead atoms. The number of carbonyl (C=O) groups excluding carboxylic acids is 1. The molecule has 1 aliphatic heterocycles. The molecule has 0 fully saturated rings. The fourth-order valence-corrected chi connectivity index (χ4v) is 4.63. The van der Waals surface area contributed by atoms with Crippen molar-refractivity contribution in [3.8, 4) is 16.9 Å². The molecule has 0 spiro atoms. The molecule has 5 nitrogen and oxygen atoms in total. The average molecular weight is 440 g/mol. The van der Waals surface area contributed by atoms with Crippen LogP contribution in [0.1, 0.15) is 10.4 Å². The van der Waals surface area contributed by atoms with Crippen LogP contribution in [0.15, 0.2) is 70.9 Å². The molecule has 1 amide bonds. The maximum atomic E-state index is 12.1. The Hall–Kier alpha value is -2.90. The zero-order chi connectivity index (χ0) is 21.1. The van der Waals surface area contributed by atoms with Crippen LogP contribution in [0.4, 0.5) is 0 Å². The van der Waals surface area contributed by atoms with Crippen LogP contribution in [-0.2, 0) is 21.1 Å². The first-order valence-electron chi connectivity index (χ1n) is 9.48. The third-order valence-corrected chi connectivity index (χ3v) is 6.83. The summed E-state index contributed by atoms with van der Waals surface area (Å²) in [5, 5.41) is 4.86. The van der Waals surface area contributed by atoms with E-state index in [4.69, 9.17) is 4.74 Å². The number of hydrogen-bond donors (Lipinski definition) is 1. The average Bonchev–Trinajstić information content (AvgIpc) is 3.39. The number of sulfone groups is 1. The van der Waals surface area contributed by atoms with Gasteiger partial charge in [0, 0.05) is 29.2 Å². The number of hydrogen-bond acceptors (Lipinski definition) is 5. The van der Waals surface area contributed by atoms with Gasteiger partial charge in [0.25, 0.3) is 0 Å². The third kappa shape index (κ3) is 4.63. The maximum absolute atomic E-state index is 12.1. The maximum Gasteiger partial charge on any atom is 0.244 e. The SMILES string of the molecule is CS(=O)(=O)c1ccc(-c2cccc3c2O[C@@H](CNC(=O)/C=C/c2cccs2)C3)cc1. The lowest BCUT2D eigenvalue weighted by Gasteiger charge is -2.13. The highest BCUT2D eigenvalue weighted by atomic mass is 32.2. The quantitative estimate of drug-likeness (QED) is 0.591. The van der Waals surface area contributed by atoms with Crippen molar-refractivity contribution in [2.45, 2.75) is 17.4 Å². The van der Waals surface area contributed by atoms with Crippen LogP contribution >= 0.6 is 11.3 Å². The molecular weight excluding hydrogens is 418 g/mol. The van der Waals surface area contributed by atoms with Crippen LogP contribution in [-0.4, -0.2) is 33.2 Å². The molecule has 3 aromatic rings. The lowest BCUT2D eigenvalue weighted by Crippen LogP contribution is -2.33. The Morgan fingerprint density at radius 2 is 1.97 bits per heavy atom. The second-order valence-electron chi connectivity index (χ2n) is 7.13. The molecule has 1 aromatic heterocycles. The van der Waals surface area contributed by atoms with Crippen LogP contribution < -0.4 is 10.1 Å². The Morgan fingerprint density at radius 3 is 2.67 bits per heavy atom. The summed E-state index contributed by atoms with van der Waals surface area (Å²) in [6.45, 7) is 0.411. The first-order valence-corrected chi connectivity index (χ1v) is 12.3. The first-order chi connectivity index (χ1) is 14.4. The Bertz CT molecular complexity index is 1180. The number of nitrogens with one attached hydrogen (secondary N) is 1. The van der Waals surface area contributed by atoms with Crippen molar-refractivity contribution in [3.05, 3.63) is 76.5 Å². The number of benzene rings is 2. The van der Waals surface area contributed by atoms with Crippen LogP contribution in [0.25, 0.3) is 17.2 Å². The highest BCUT2D eigenvalue weighted by Crippen LogP contribution is 2.38. The third-order valence-electron chi connectivity index (χ3n) is 4.87. The molecule has 154 valence electrons. The summed E-state index contributed by atoms with van der Waals surface area (Å²) in [7, 11) is -3.23. The van der Waals surface area contributed by atoms with Crippen LogP contribution in [0.5, 0.6) is 5.75 Å². The molecule has 7 heteroatoms. The predicted molar refractivity (Wildman–Crippen MR) is 119 cm³/mol. The molecular formula is C23H21NO4S2. The highest BCUT2D eigenvalue weighted by molar-refractivity contribution is 7.90. The number of ether oxygens (including phenoxy) is 1. The summed E-state index contributed by atoms with van der Waals surface area (Å²) in [5.41, 5.74) is 2.88. The number of fused-ring (bicyclic) bond motifs is 1. The largest absolute Gasteiger partial charge is 0.487 e. The molecule has 0 saturated carbocycles. The molecule has 0 aliphatic carbocycles. The van der Waals surface area contributed by atoms with E-state index in [0.717, 1.165) is 27.3 Å². The van der Waals surface area contributed by atoms with Crippen LogP contribution in [0.2, 0.25) is 0 Å². The van der Waals surface area contributed by atoms with Gasteiger partial charge in [0.15, 0.2) is 9.84 Å². The van der Waals surface area contributed by atoms with Gasteiger partial charge in [0.2, 0.25) is 5.91 Å². The van der Waals surface area contributed by atoms with Gasteiger partial charge in [-0.25, -0.2) is 8.42 Å². The van der Waals surface area contributed by atoms with Gasteiger partial charge in [0.1, 0.15) is 11.9 Å². The fraction of sp³-hybridized carbons (Fsp3) is 0.174. The van der Waals surface area contributed by atoms with Crippen LogP contribution in [0.3, 0.4) is 0 Å². The zero-order valence-corrected chi connectivity index (χ0v) is 18.0. The van der Waals surface area contributed by atoms with Gasteiger partial charge < -0.3 is 10.1 Å². The molecule has 0 radical (unpaired) electrons. The molecule has 0 unspecified atom stereocenters. The zero-order valence-electron chi connectivity index (χ0n) is 16.4. The number of amides is 1. The summed E-state index contributed by atoms with van der Waals surface area (Å²) in [5.74, 6) is 0.637. The van der Waals surface area contributed by atoms with Crippen molar-refractivity contribution in [2.75, 3.05) is 12.8 Å². The van der Waals surface area contributed by atoms with E-state index < -0.39 is 9.84 Å². The van der Waals surface area contributed by atoms with Gasteiger partial charge in [0.05, 0.1) is 11.4 Å². The highest BCUT2D eigenvalue weighted by Gasteiger charge is 2.26. The van der Waals surface area contributed by atoms with E-state index in [1.54, 1.807) is 41.7 Å². The number of para-hydroxylation sites is 1. The van der Waals surface area contributed by atoms with Crippen LogP contribution in [0, 0.1) is 0 Å². The fourth-order valence-electron chi connectivity index (χ4n) is 3.38. The second kappa shape index (κ2) is 8.45. The van der Waals surface area contributed by atoms with Gasteiger partial charge in [-0.2, -0.15) is 0 Å². The van der Waals surface area contributed by atoms with Gasteiger partial charge in [-0.1, -0.05) is 36.4 Å². The lowest BCUT2D eigenvalue weighted by atomic mass is 10.0. The Kier molecular flexibility index (Phi) is 5.74. The minimum Gasteiger partial charge on any atom is -0.487 e. The summed E-state index contributed by atoms with van der Waals surface area (Å²) in [6.07, 6.45) is 5.08. The smallest absolute Gasteiger partial charge is 0.244 e. The van der Waals surface area contributed by atoms with E-state index in [1.807, 2.05) is 35.7 Å². The Balaban J connectivity index is 1.43. The van der Waals surface area contributed by atoms with Crippen molar-refractivity contribution >= 4 is 33.2 Å². The van der Waals surface area contributed by atoms with Gasteiger partial charge >= 0.3 is 0 Å². The van der Waals surface area contributed by atoms with E-state index in [1.165, 1.54) is 12.3 Å². The standard InChI is InChI=1S/C23H21NO4S2/c1-30(26,27)20-10-7-16(8-11-20)21-6-2-4-17-14-18(28-23(17)21)15-24-22(25)12-9-19-5-3-13-29-19/h2-13,18H,14-15H2,1H3,(H,24,25)/b12-9+/t18-/m1/s1. The first kappa shape index (κ1) is 20.4. The number of thiophene rings is 1. The van der Waals surface area contributed by atoms with Gasteiger partial charge in [-0.3, -0.25) is 4.79 Å². The Labute approximate surface area is 179 Å². The van der Waals surface area contributed by atoms with E-state index >= 15 is 0 Å². The van der Waals surface area contributed by atoms with Crippen molar-refractivity contribution < 1.29 is 17.9 Å². The van der Waals surface area contributed by atoms with E-state index in [9.17, 15) is 13.2 Å². The van der Waals surface area contributed by atoms with E-state index in [2.05, 4.69) is 5.32 Å². The topological polar surface area (TPSA) is 72.5 Å². The number of rotatable bonds is 6. The summed E-state index contributed by atoms with van der Waals surface area (Å²) in [4.78, 5) is 13.4. The molecule has 4 rings (SSSR count). The monoisotopic (exact) mass is 439 g/mol. The normalized spacial score (nSPS) is 15.7. The van der Waals surface area contributed by atoms with Crippen molar-refractivity contribution in [1.29, 1.82) is 0 Å². The van der Waals surface area contributed by atoms with Crippen molar-refractivity contribution in [2.24, 2.45) is 0 Å². The van der Waals surface area contributed by atoms with Crippen molar-refractivity contribution in [3.63, 3.8) is 0 Å². The molecule has 2 aromatic carbocycles. The van der Waals surface area contributed by atoms with E-state index in [0.29, 0.717) is 13.0 Å². The molecule has 1 N–H and O–H groups in total. The van der Waals surface area contributed by atoms with Gasteiger partial charge in [-0.15, -0.1) is 11.3 Å². The lowest BCUT2D eigenvalue weighted by molar-refractivity contribution is -0.116. The molecule has 1 aliphatic rings.